The summed E-state index contributed by atoms with van der Waals surface area (Å²) >= 11 is 1.05. The number of amides is 1. The summed E-state index contributed by atoms with van der Waals surface area (Å²) in [5.74, 6) is 6.38. The SMILES string of the molecule is COc1ccccc1-c1nnc(SCC(=O)Nc2ccccc2OC(F)F)n1N. The second-order valence-electron chi connectivity index (χ2n) is 5.59. The molecule has 3 aromatic rings. The average molecular weight is 421 g/mol. The van der Waals surface area contributed by atoms with Crippen molar-refractivity contribution in [2.45, 2.75) is 11.8 Å². The molecule has 0 aliphatic carbocycles. The van der Waals surface area contributed by atoms with Crippen LogP contribution in [0.4, 0.5) is 14.5 Å². The first-order chi connectivity index (χ1) is 14.0. The molecule has 11 heteroatoms. The van der Waals surface area contributed by atoms with Crippen molar-refractivity contribution in [1.29, 1.82) is 0 Å². The van der Waals surface area contributed by atoms with Gasteiger partial charge in [0, 0.05) is 0 Å². The number of halogens is 2. The highest BCUT2D eigenvalue weighted by molar-refractivity contribution is 7.99. The Morgan fingerprint density at radius 1 is 1.17 bits per heavy atom. The van der Waals surface area contributed by atoms with Crippen LogP contribution in [0.5, 0.6) is 11.5 Å². The van der Waals surface area contributed by atoms with Gasteiger partial charge in [-0.25, -0.2) is 4.68 Å². The van der Waals surface area contributed by atoms with E-state index in [1.54, 1.807) is 18.2 Å². The second kappa shape index (κ2) is 9.24. The number of carbonyl (C=O) groups is 1. The van der Waals surface area contributed by atoms with Crippen molar-refractivity contribution in [2.75, 3.05) is 24.0 Å². The van der Waals surface area contributed by atoms with Crippen molar-refractivity contribution < 1.29 is 23.0 Å². The molecular formula is C18H17F2N5O3S. The summed E-state index contributed by atoms with van der Waals surface area (Å²) in [5.41, 5.74) is 0.793. The van der Waals surface area contributed by atoms with Gasteiger partial charge in [-0.15, -0.1) is 10.2 Å². The maximum atomic E-state index is 12.5. The van der Waals surface area contributed by atoms with E-state index in [4.69, 9.17) is 10.6 Å². The van der Waals surface area contributed by atoms with Gasteiger partial charge in [-0.05, 0) is 24.3 Å². The summed E-state index contributed by atoms with van der Waals surface area (Å²) in [4.78, 5) is 12.2. The Morgan fingerprint density at radius 2 is 1.86 bits per heavy atom. The third kappa shape index (κ3) is 4.93. The molecule has 0 fully saturated rings. The minimum Gasteiger partial charge on any atom is -0.496 e. The van der Waals surface area contributed by atoms with Crippen molar-refractivity contribution in [3.05, 3.63) is 48.5 Å². The van der Waals surface area contributed by atoms with Crippen LogP contribution >= 0.6 is 11.8 Å². The first-order valence-corrected chi connectivity index (χ1v) is 9.28. The van der Waals surface area contributed by atoms with Gasteiger partial charge in [0.05, 0.1) is 24.1 Å². The third-order valence-corrected chi connectivity index (χ3v) is 4.67. The summed E-state index contributed by atoms with van der Waals surface area (Å²) in [5, 5.41) is 10.9. The molecule has 8 nitrogen and oxygen atoms in total. The van der Waals surface area contributed by atoms with E-state index in [0.717, 1.165) is 11.8 Å². The Morgan fingerprint density at radius 3 is 2.59 bits per heavy atom. The first kappa shape index (κ1) is 20.4. The molecule has 1 aromatic heterocycles. The zero-order valence-corrected chi connectivity index (χ0v) is 16.0. The van der Waals surface area contributed by atoms with E-state index < -0.39 is 12.5 Å². The summed E-state index contributed by atoms with van der Waals surface area (Å²) in [6, 6.07) is 13.1. The van der Waals surface area contributed by atoms with E-state index in [2.05, 4.69) is 20.3 Å². The quantitative estimate of drug-likeness (QED) is 0.426. The zero-order chi connectivity index (χ0) is 20.8. The molecule has 0 bridgehead atoms. The van der Waals surface area contributed by atoms with Crippen LogP contribution in [-0.2, 0) is 4.79 Å². The lowest BCUT2D eigenvalue weighted by molar-refractivity contribution is -0.113. The van der Waals surface area contributed by atoms with Gasteiger partial charge in [-0.2, -0.15) is 8.78 Å². The number of anilines is 1. The summed E-state index contributed by atoms with van der Waals surface area (Å²) in [6.45, 7) is -2.99. The van der Waals surface area contributed by atoms with Gasteiger partial charge in [0.15, 0.2) is 5.82 Å². The number of methoxy groups -OCH3 is 1. The van der Waals surface area contributed by atoms with E-state index in [-0.39, 0.29) is 17.2 Å². The molecule has 0 unspecified atom stereocenters. The van der Waals surface area contributed by atoms with Crippen LogP contribution < -0.4 is 20.6 Å². The lowest BCUT2D eigenvalue weighted by Crippen LogP contribution is -2.17. The fourth-order valence-corrected chi connectivity index (χ4v) is 3.13. The van der Waals surface area contributed by atoms with Gasteiger partial charge < -0.3 is 20.6 Å². The monoisotopic (exact) mass is 421 g/mol. The van der Waals surface area contributed by atoms with E-state index >= 15 is 0 Å². The predicted molar refractivity (Wildman–Crippen MR) is 105 cm³/mol. The van der Waals surface area contributed by atoms with Crippen LogP contribution in [0.3, 0.4) is 0 Å². The number of nitrogens with one attached hydrogen (secondary N) is 1. The molecule has 3 N–H and O–H groups in total. The number of carbonyl (C=O) groups excluding carboxylic acids is 1. The number of ether oxygens (including phenoxy) is 2. The number of nitrogens with zero attached hydrogens (tertiary/aromatic N) is 3. The smallest absolute Gasteiger partial charge is 0.387 e. The lowest BCUT2D eigenvalue weighted by atomic mass is 10.2. The number of hydrogen-bond donors (Lipinski definition) is 2. The third-order valence-electron chi connectivity index (χ3n) is 3.72. The van der Waals surface area contributed by atoms with Crippen molar-refractivity contribution >= 4 is 23.4 Å². The molecule has 152 valence electrons. The van der Waals surface area contributed by atoms with Crippen LogP contribution in [0, 0.1) is 0 Å². The fourth-order valence-electron chi connectivity index (χ4n) is 2.47. The van der Waals surface area contributed by atoms with E-state index in [1.165, 1.54) is 30.0 Å². The summed E-state index contributed by atoms with van der Waals surface area (Å²) in [6.07, 6.45) is 0. The van der Waals surface area contributed by atoms with E-state index in [9.17, 15) is 13.6 Å². The van der Waals surface area contributed by atoms with Gasteiger partial charge in [0.2, 0.25) is 11.1 Å². The average Bonchev–Trinajstić information content (AvgIpc) is 3.07. The number of benzene rings is 2. The lowest BCUT2D eigenvalue weighted by Gasteiger charge is -2.11. The van der Waals surface area contributed by atoms with Crippen molar-refractivity contribution in [3.8, 4) is 22.9 Å². The number of hydrogen-bond acceptors (Lipinski definition) is 7. The number of rotatable bonds is 8. The van der Waals surface area contributed by atoms with Gasteiger partial charge >= 0.3 is 6.61 Å². The van der Waals surface area contributed by atoms with Crippen molar-refractivity contribution in [2.24, 2.45) is 0 Å². The summed E-state index contributed by atoms with van der Waals surface area (Å²) in [7, 11) is 1.53. The van der Waals surface area contributed by atoms with Crippen LogP contribution in [0.2, 0.25) is 0 Å². The molecule has 1 amide bonds. The Kier molecular flexibility index (Phi) is 6.50. The molecule has 0 aliphatic heterocycles. The molecule has 1 heterocycles. The minimum atomic E-state index is -2.99. The minimum absolute atomic E-state index is 0.0652. The van der Waals surface area contributed by atoms with Crippen LogP contribution in [0.1, 0.15) is 0 Å². The molecule has 29 heavy (non-hydrogen) atoms. The van der Waals surface area contributed by atoms with Gasteiger partial charge in [-0.1, -0.05) is 36.0 Å². The molecule has 2 aromatic carbocycles. The number of aromatic nitrogens is 3. The molecule has 0 aliphatic rings. The first-order valence-electron chi connectivity index (χ1n) is 8.30. The Bertz CT molecular complexity index is 999. The summed E-state index contributed by atoms with van der Waals surface area (Å²) < 4.78 is 35.9. The highest BCUT2D eigenvalue weighted by Crippen LogP contribution is 2.30. The molecular weight excluding hydrogens is 404 g/mol. The van der Waals surface area contributed by atoms with Crippen molar-refractivity contribution in [1.82, 2.24) is 14.9 Å². The predicted octanol–water partition coefficient (Wildman–Crippen LogP) is 3.00. The van der Waals surface area contributed by atoms with Gasteiger partial charge in [0.1, 0.15) is 11.5 Å². The Balaban J connectivity index is 1.67. The highest BCUT2D eigenvalue weighted by Gasteiger charge is 2.17. The van der Waals surface area contributed by atoms with Gasteiger partial charge in [0.25, 0.3) is 0 Å². The Labute approximate surface area is 169 Å². The zero-order valence-electron chi connectivity index (χ0n) is 15.2. The van der Waals surface area contributed by atoms with E-state index in [1.807, 2.05) is 12.1 Å². The highest BCUT2D eigenvalue weighted by atomic mass is 32.2. The molecule has 3 rings (SSSR count). The number of thioether (sulfide) groups is 1. The maximum absolute atomic E-state index is 12.5. The molecule has 0 spiro atoms. The molecule has 0 saturated carbocycles. The number of alkyl halides is 2. The maximum Gasteiger partial charge on any atom is 0.387 e. The van der Waals surface area contributed by atoms with E-state index in [0.29, 0.717) is 22.3 Å². The molecule has 0 atom stereocenters. The Hall–Kier alpha value is -3.34. The van der Waals surface area contributed by atoms with Crippen LogP contribution in [0.15, 0.2) is 53.7 Å². The number of nitrogen functional groups attached to an aromatic ring is 1. The fraction of sp³-hybridized carbons (Fsp3) is 0.167. The largest absolute Gasteiger partial charge is 0.496 e. The van der Waals surface area contributed by atoms with Crippen molar-refractivity contribution in [3.63, 3.8) is 0 Å². The molecule has 0 saturated heterocycles. The molecule has 0 radical (unpaired) electrons. The van der Waals surface area contributed by atoms with Crippen LogP contribution in [0.25, 0.3) is 11.4 Å². The number of para-hydroxylation sites is 3. The second-order valence-corrected chi connectivity index (χ2v) is 6.53. The number of nitrogens with two attached hydrogens (primary N) is 1. The van der Waals surface area contributed by atoms with Gasteiger partial charge in [-0.3, -0.25) is 4.79 Å². The standard InChI is InChI=1S/C18H17F2N5O3S/c1-27-13-8-4-2-6-11(13)16-23-24-18(25(16)21)29-10-15(26)22-12-7-3-5-9-14(12)28-17(19)20/h2-9,17H,10,21H2,1H3,(H,22,26). The van der Waals surface area contributed by atoms with Crippen LogP contribution in [-0.4, -0.2) is 40.3 Å². The topological polar surface area (TPSA) is 104 Å². The normalized spacial score (nSPS) is 10.8.